The van der Waals surface area contributed by atoms with Crippen LogP contribution in [0.2, 0.25) is 0 Å². The van der Waals surface area contributed by atoms with Gasteiger partial charge in [-0.2, -0.15) is 0 Å². The van der Waals surface area contributed by atoms with Gasteiger partial charge in [0.05, 0.1) is 5.75 Å². The molecule has 0 radical (unpaired) electrons. The maximum atomic E-state index is 13.0. The van der Waals surface area contributed by atoms with Gasteiger partial charge in [-0.05, 0) is 67.2 Å². The van der Waals surface area contributed by atoms with Crippen LogP contribution in [0.15, 0.2) is 53.9 Å². The number of nitrogens with zero attached hydrogens (tertiary/aromatic N) is 4. The van der Waals surface area contributed by atoms with E-state index < -0.39 is 0 Å². The lowest BCUT2D eigenvalue weighted by molar-refractivity contribution is -0.120. The molecule has 1 amide bonds. The molecule has 5 rings (SSSR count). The molecule has 2 saturated carbocycles. The minimum Gasteiger partial charge on any atom is -0.352 e. The van der Waals surface area contributed by atoms with Crippen molar-refractivity contribution in [2.75, 3.05) is 5.75 Å². The zero-order valence-electron chi connectivity index (χ0n) is 19.7. The van der Waals surface area contributed by atoms with E-state index in [1.54, 1.807) is 12.4 Å². The third kappa shape index (κ3) is 3.76. The van der Waals surface area contributed by atoms with Crippen molar-refractivity contribution in [2.45, 2.75) is 58.2 Å². The average molecular weight is 462 g/mol. The number of aryl methyl sites for hydroxylation is 1. The van der Waals surface area contributed by atoms with Crippen LogP contribution in [0.4, 0.5) is 0 Å². The first-order valence-corrected chi connectivity index (χ1v) is 12.6. The Balaban J connectivity index is 1.35. The van der Waals surface area contributed by atoms with Gasteiger partial charge < -0.3 is 5.32 Å². The van der Waals surface area contributed by atoms with Crippen molar-refractivity contribution in [3.8, 4) is 17.1 Å². The molecule has 2 aromatic heterocycles. The topological polar surface area (TPSA) is 72.7 Å². The highest BCUT2D eigenvalue weighted by molar-refractivity contribution is 7.99. The molecule has 1 aromatic carbocycles. The summed E-state index contributed by atoms with van der Waals surface area (Å²) in [7, 11) is 0. The molecule has 0 spiro atoms. The number of nitrogens with one attached hydrogen (secondary N) is 1. The van der Waals surface area contributed by atoms with Crippen LogP contribution in [0.3, 0.4) is 0 Å². The maximum Gasteiger partial charge on any atom is 0.230 e. The second-order valence-electron chi connectivity index (χ2n) is 10.2. The van der Waals surface area contributed by atoms with E-state index in [2.05, 4.69) is 72.5 Å². The fourth-order valence-electron chi connectivity index (χ4n) is 5.77. The van der Waals surface area contributed by atoms with Crippen LogP contribution in [0, 0.1) is 23.7 Å². The highest BCUT2D eigenvalue weighted by atomic mass is 32.2. The number of benzene rings is 1. The maximum absolute atomic E-state index is 13.0. The van der Waals surface area contributed by atoms with Crippen molar-refractivity contribution in [1.29, 1.82) is 0 Å². The van der Waals surface area contributed by atoms with Gasteiger partial charge in [0.15, 0.2) is 11.0 Å². The van der Waals surface area contributed by atoms with E-state index in [0.717, 1.165) is 23.5 Å². The molecule has 3 aromatic rings. The van der Waals surface area contributed by atoms with Gasteiger partial charge in [-0.3, -0.25) is 14.3 Å². The average Bonchev–Trinajstić information content (AvgIpc) is 3.38. The monoisotopic (exact) mass is 461 g/mol. The zero-order chi connectivity index (χ0) is 23.2. The van der Waals surface area contributed by atoms with E-state index in [9.17, 15) is 4.79 Å². The Hall–Kier alpha value is -2.67. The van der Waals surface area contributed by atoms with Crippen molar-refractivity contribution >= 4 is 17.7 Å². The Labute approximate surface area is 199 Å². The van der Waals surface area contributed by atoms with E-state index in [-0.39, 0.29) is 22.8 Å². The van der Waals surface area contributed by atoms with E-state index >= 15 is 0 Å². The Bertz CT molecular complexity index is 1160. The molecule has 2 fully saturated rings. The number of thioether (sulfide) groups is 1. The number of carbonyl (C=O) groups is 1. The quantitative estimate of drug-likeness (QED) is 0.520. The van der Waals surface area contributed by atoms with Crippen LogP contribution in [-0.2, 0) is 4.79 Å². The van der Waals surface area contributed by atoms with Gasteiger partial charge in [0, 0.05) is 29.7 Å². The van der Waals surface area contributed by atoms with Gasteiger partial charge in [0.25, 0.3) is 0 Å². The smallest absolute Gasteiger partial charge is 0.230 e. The van der Waals surface area contributed by atoms with E-state index in [0.29, 0.717) is 16.8 Å². The molecule has 2 bridgehead atoms. The molecular formula is C26H31N5OS. The van der Waals surface area contributed by atoms with Gasteiger partial charge in [-0.15, -0.1) is 10.2 Å². The first kappa shape index (κ1) is 22.1. The highest BCUT2D eigenvalue weighted by Gasteiger charge is 2.61. The van der Waals surface area contributed by atoms with Crippen LogP contribution in [0.1, 0.15) is 45.6 Å². The predicted octanol–water partition coefficient (Wildman–Crippen LogP) is 5.06. The minimum absolute atomic E-state index is 0.0680. The molecule has 3 unspecified atom stereocenters. The molecule has 0 saturated heterocycles. The van der Waals surface area contributed by atoms with E-state index in [1.807, 2.05) is 16.7 Å². The number of hydrogen-bond acceptors (Lipinski definition) is 5. The number of aromatic nitrogens is 4. The van der Waals surface area contributed by atoms with Crippen LogP contribution in [-0.4, -0.2) is 37.5 Å². The summed E-state index contributed by atoms with van der Waals surface area (Å²) in [5, 5.41) is 13.0. The molecule has 6 nitrogen and oxygen atoms in total. The summed E-state index contributed by atoms with van der Waals surface area (Å²) in [4.78, 5) is 17.1. The number of pyridine rings is 1. The van der Waals surface area contributed by atoms with Gasteiger partial charge in [-0.25, -0.2) is 0 Å². The van der Waals surface area contributed by atoms with Gasteiger partial charge >= 0.3 is 0 Å². The first-order valence-electron chi connectivity index (χ1n) is 11.6. The molecule has 7 heteroatoms. The normalized spacial score (nSPS) is 25.3. The largest absolute Gasteiger partial charge is 0.352 e. The summed E-state index contributed by atoms with van der Waals surface area (Å²) in [6.07, 6.45) is 7.07. The minimum atomic E-state index is 0.0680. The number of rotatable bonds is 6. The van der Waals surface area contributed by atoms with Crippen LogP contribution in [0.5, 0.6) is 0 Å². The van der Waals surface area contributed by atoms with Gasteiger partial charge in [0.1, 0.15) is 0 Å². The van der Waals surface area contributed by atoms with Gasteiger partial charge in [-0.1, -0.05) is 50.2 Å². The lowest BCUT2D eigenvalue weighted by atomic mass is 9.69. The lowest BCUT2D eigenvalue weighted by Crippen LogP contribution is -2.47. The van der Waals surface area contributed by atoms with Crippen molar-refractivity contribution in [3.05, 3.63) is 54.4 Å². The van der Waals surface area contributed by atoms with E-state index in [4.69, 9.17) is 0 Å². The Morgan fingerprint density at radius 2 is 1.85 bits per heavy atom. The molecule has 1 N–H and O–H groups in total. The van der Waals surface area contributed by atoms with Crippen LogP contribution >= 0.6 is 11.8 Å². The Morgan fingerprint density at radius 1 is 1.12 bits per heavy atom. The fraction of sp³-hybridized carbons (Fsp3) is 0.462. The number of hydrogen-bond donors (Lipinski definition) is 1. The summed E-state index contributed by atoms with van der Waals surface area (Å²) in [6, 6.07) is 12.4. The third-order valence-corrected chi connectivity index (χ3v) is 9.25. The SMILES string of the molecule is Cc1ccc(-n2c(SCC(=O)NC3CC4CCC3(C)C4(C)C)nnc2-c2ccncc2)cc1. The predicted molar refractivity (Wildman–Crippen MR) is 131 cm³/mol. The molecule has 33 heavy (non-hydrogen) atoms. The molecule has 3 atom stereocenters. The van der Waals surface area contributed by atoms with Crippen LogP contribution in [0.25, 0.3) is 17.1 Å². The molecule has 2 aliphatic rings. The molecule has 172 valence electrons. The summed E-state index contributed by atoms with van der Waals surface area (Å²) in [5.41, 5.74) is 3.56. The number of amides is 1. The summed E-state index contributed by atoms with van der Waals surface area (Å²) < 4.78 is 2.02. The lowest BCUT2D eigenvalue weighted by Gasteiger charge is -2.39. The van der Waals surface area contributed by atoms with Crippen molar-refractivity contribution in [3.63, 3.8) is 0 Å². The molecule has 0 aliphatic heterocycles. The summed E-state index contributed by atoms with van der Waals surface area (Å²) >= 11 is 1.43. The highest BCUT2D eigenvalue weighted by Crippen LogP contribution is 2.65. The second kappa shape index (κ2) is 8.28. The Morgan fingerprint density at radius 3 is 2.48 bits per heavy atom. The van der Waals surface area contributed by atoms with Crippen molar-refractivity contribution in [1.82, 2.24) is 25.1 Å². The van der Waals surface area contributed by atoms with Crippen molar-refractivity contribution in [2.24, 2.45) is 16.7 Å². The zero-order valence-corrected chi connectivity index (χ0v) is 20.5. The number of carbonyl (C=O) groups excluding carboxylic acids is 1. The molecule has 2 aliphatic carbocycles. The second-order valence-corrected chi connectivity index (χ2v) is 11.2. The summed E-state index contributed by atoms with van der Waals surface area (Å²) in [6.45, 7) is 9.16. The fourth-order valence-corrected chi connectivity index (χ4v) is 6.53. The van der Waals surface area contributed by atoms with Gasteiger partial charge in [0.2, 0.25) is 5.91 Å². The standard InChI is InChI=1S/C26H31N5OS/c1-17-5-7-20(8-6-17)31-23(18-10-13-27-14-11-18)29-30-24(31)33-16-22(32)28-21-15-19-9-12-26(21,4)25(19,2)3/h5-8,10-11,13-14,19,21H,9,12,15-16H2,1-4H3,(H,28,32). The third-order valence-electron chi connectivity index (χ3n) is 8.33. The first-order chi connectivity index (χ1) is 15.8. The molecule has 2 heterocycles. The summed E-state index contributed by atoms with van der Waals surface area (Å²) in [5.74, 6) is 1.83. The Kier molecular flexibility index (Phi) is 5.55. The molecular weight excluding hydrogens is 430 g/mol. The number of fused-ring (bicyclic) bond motifs is 2. The van der Waals surface area contributed by atoms with Crippen LogP contribution < -0.4 is 5.32 Å². The van der Waals surface area contributed by atoms with Crippen molar-refractivity contribution < 1.29 is 4.79 Å². The van der Waals surface area contributed by atoms with E-state index in [1.165, 1.54) is 30.2 Å².